The normalized spacial score (nSPS) is 19.8. The number of allylic oxidation sites excluding steroid dienone is 7. The van der Waals surface area contributed by atoms with Crippen LogP contribution in [-0.4, -0.2) is 78.4 Å². The number of benzene rings is 2. The number of carboxylic acids is 1. The van der Waals surface area contributed by atoms with Gasteiger partial charge in [0, 0.05) is 59.7 Å². The molecular weight excluding hydrogens is 715 g/mol. The fraction of sp³-hybridized carbons (Fsp3) is 0.450. The SMILES string of the molecule is Cc1ccc2c(c1)C(C)(C)/C(=C/C=C1\CCCC(/C=C/C3=[N+](CCCS(=O)(=O)O)c4ccccc4C3(C)C)=C1NCCC(=O)O)N2CCCS(=O)(=O)O. The van der Waals surface area contributed by atoms with Crippen LogP contribution in [0.5, 0.6) is 0 Å². The minimum atomic E-state index is -4.11. The van der Waals surface area contributed by atoms with Gasteiger partial charge < -0.3 is 15.3 Å². The van der Waals surface area contributed by atoms with Crippen LogP contribution >= 0.6 is 0 Å². The monoisotopic (exact) mass is 766 g/mol. The number of hydrogen-bond acceptors (Lipinski definition) is 7. The summed E-state index contributed by atoms with van der Waals surface area (Å²) >= 11 is 0. The maximum Gasteiger partial charge on any atom is 0.305 e. The molecule has 0 spiro atoms. The van der Waals surface area contributed by atoms with E-state index in [-0.39, 0.29) is 42.7 Å². The third kappa shape index (κ3) is 9.37. The molecule has 0 unspecified atom stereocenters. The van der Waals surface area contributed by atoms with E-state index in [2.05, 4.69) is 85.0 Å². The van der Waals surface area contributed by atoms with Crippen molar-refractivity contribution in [3.05, 3.63) is 106 Å². The predicted molar refractivity (Wildman–Crippen MR) is 209 cm³/mol. The maximum atomic E-state index is 11.6. The lowest BCUT2D eigenvalue weighted by Gasteiger charge is -2.27. The molecule has 2 aromatic rings. The lowest BCUT2D eigenvalue weighted by molar-refractivity contribution is -0.437. The van der Waals surface area contributed by atoms with E-state index >= 15 is 0 Å². The smallest absolute Gasteiger partial charge is 0.305 e. The molecule has 53 heavy (non-hydrogen) atoms. The van der Waals surface area contributed by atoms with E-state index in [1.807, 2.05) is 31.2 Å². The summed E-state index contributed by atoms with van der Waals surface area (Å²) in [6.07, 6.45) is 11.2. The van der Waals surface area contributed by atoms with E-state index < -0.39 is 31.6 Å². The van der Waals surface area contributed by atoms with Gasteiger partial charge in [-0.1, -0.05) is 61.9 Å². The van der Waals surface area contributed by atoms with Crippen molar-refractivity contribution >= 4 is 43.3 Å². The molecule has 2 heterocycles. The van der Waals surface area contributed by atoms with Crippen molar-refractivity contribution in [2.75, 3.05) is 36.0 Å². The average Bonchev–Trinajstić information content (AvgIpc) is 3.40. The second kappa shape index (κ2) is 15.7. The second-order valence-electron chi connectivity index (χ2n) is 15.2. The Morgan fingerprint density at radius 1 is 0.906 bits per heavy atom. The molecule has 0 radical (unpaired) electrons. The van der Waals surface area contributed by atoms with Gasteiger partial charge in [0.05, 0.1) is 23.3 Å². The molecular formula is C40H52N3O8S2+. The van der Waals surface area contributed by atoms with Crippen molar-refractivity contribution in [2.24, 2.45) is 0 Å². The van der Waals surface area contributed by atoms with Crippen molar-refractivity contribution in [3.63, 3.8) is 0 Å². The quantitative estimate of drug-likeness (QED) is 0.115. The van der Waals surface area contributed by atoms with Crippen LogP contribution in [-0.2, 0) is 35.9 Å². The van der Waals surface area contributed by atoms with Gasteiger partial charge >= 0.3 is 5.97 Å². The number of nitrogens with one attached hydrogen (secondary N) is 1. The van der Waals surface area contributed by atoms with Gasteiger partial charge in [-0.3, -0.25) is 13.9 Å². The third-order valence-corrected chi connectivity index (χ3v) is 12.1. The van der Waals surface area contributed by atoms with Crippen LogP contribution in [0.3, 0.4) is 0 Å². The van der Waals surface area contributed by atoms with Crippen LogP contribution in [0.15, 0.2) is 89.3 Å². The first-order chi connectivity index (χ1) is 24.8. The van der Waals surface area contributed by atoms with E-state index in [9.17, 15) is 35.8 Å². The van der Waals surface area contributed by atoms with Crippen molar-refractivity contribution < 1.29 is 40.4 Å². The number of aliphatic carboxylic acids is 1. The lowest BCUT2D eigenvalue weighted by Crippen LogP contribution is -2.28. The first-order valence-electron chi connectivity index (χ1n) is 18.1. The van der Waals surface area contributed by atoms with E-state index in [1.165, 1.54) is 0 Å². The molecule has 0 fully saturated rings. The summed E-state index contributed by atoms with van der Waals surface area (Å²) in [5.74, 6) is -1.58. The zero-order valence-corrected chi connectivity index (χ0v) is 32.9. The van der Waals surface area contributed by atoms with E-state index in [0.29, 0.717) is 13.1 Å². The van der Waals surface area contributed by atoms with Gasteiger partial charge in [0.25, 0.3) is 20.2 Å². The molecule has 0 amide bonds. The summed E-state index contributed by atoms with van der Waals surface area (Å²) in [4.78, 5) is 13.7. The molecule has 4 N–H and O–H groups in total. The standard InChI is InChI=1S/C40H51N3O8S2/c1-28-15-18-34-32(27-28)40(4,5)36(43(34)24-10-26-53(49,50)51)20-17-30-12-8-11-29(38(30)41-22-21-37(44)45)16-19-35-39(2,3)31-13-6-7-14-33(31)42(35)23-9-25-52(46,47)48/h6-7,13-20,27H,8-12,21-26H2,1-5H3,(H3,44,45,46,47,48,49,50,51)/p+1/b30-17+,36-20-. The highest BCUT2D eigenvalue weighted by atomic mass is 32.2. The molecule has 13 heteroatoms. The molecule has 11 nitrogen and oxygen atoms in total. The lowest BCUT2D eigenvalue weighted by atomic mass is 9.81. The Labute approximate surface area is 314 Å². The number of nitrogens with zero attached hydrogens (tertiary/aromatic N) is 2. The number of anilines is 1. The minimum Gasteiger partial charge on any atom is -0.481 e. The summed E-state index contributed by atoms with van der Waals surface area (Å²) in [6, 6.07) is 14.3. The third-order valence-electron chi connectivity index (χ3n) is 10.5. The summed E-state index contributed by atoms with van der Waals surface area (Å²) in [5.41, 5.74) is 9.50. The molecule has 0 bridgehead atoms. The molecule has 5 rings (SSSR count). The maximum absolute atomic E-state index is 11.6. The van der Waals surface area contributed by atoms with Gasteiger partial charge in [0.15, 0.2) is 5.71 Å². The topological polar surface area (TPSA) is 164 Å². The van der Waals surface area contributed by atoms with Crippen molar-refractivity contribution in [1.82, 2.24) is 5.32 Å². The van der Waals surface area contributed by atoms with Crippen molar-refractivity contribution in [1.29, 1.82) is 0 Å². The first kappa shape index (κ1) is 40.2. The van der Waals surface area contributed by atoms with Crippen LogP contribution in [0.1, 0.15) is 82.9 Å². The summed E-state index contributed by atoms with van der Waals surface area (Å²) < 4.78 is 67.2. The molecule has 0 saturated carbocycles. The number of carboxylic acid groups (broad SMARTS) is 1. The Hall–Kier alpha value is -4.04. The molecule has 0 saturated heterocycles. The van der Waals surface area contributed by atoms with Gasteiger partial charge in [-0.2, -0.15) is 21.4 Å². The fourth-order valence-corrected chi connectivity index (χ4v) is 8.85. The Morgan fingerprint density at radius 2 is 1.60 bits per heavy atom. The number of para-hydroxylation sites is 1. The van der Waals surface area contributed by atoms with Crippen LogP contribution in [0, 0.1) is 6.92 Å². The largest absolute Gasteiger partial charge is 0.481 e. The predicted octanol–water partition coefficient (Wildman–Crippen LogP) is 6.59. The molecule has 0 aromatic heterocycles. The molecule has 286 valence electrons. The Balaban J connectivity index is 1.57. The number of aryl methyl sites for hydroxylation is 1. The number of fused-ring (bicyclic) bond motifs is 2. The Kier molecular flexibility index (Phi) is 11.9. The van der Waals surface area contributed by atoms with Crippen LogP contribution < -0.4 is 10.2 Å². The van der Waals surface area contributed by atoms with Gasteiger partial charge in [0.2, 0.25) is 5.69 Å². The van der Waals surface area contributed by atoms with Crippen LogP contribution in [0.2, 0.25) is 0 Å². The number of carbonyl (C=O) groups is 1. The van der Waals surface area contributed by atoms with Gasteiger partial charge in [-0.25, -0.2) is 0 Å². The highest BCUT2D eigenvalue weighted by molar-refractivity contribution is 7.86. The fourth-order valence-electron chi connectivity index (χ4n) is 7.86. The molecule has 0 atom stereocenters. The molecule has 3 aliphatic rings. The van der Waals surface area contributed by atoms with E-state index in [4.69, 9.17) is 0 Å². The van der Waals surface area contributed by atoms with Gasteiger partial charge in [-0.15, -0.1) is 0 Å². The van der Waals surface area contributed by atoms with E-state index in [0.717, 1.165) is 75.6 Å². The summed E-state index contributed by atoms with van der Waals surface area (Å²) in [5, 5.41) is 12.9. The highest BCUT2D eigenvalue weighted by Gasteiger charge is 2.44. The van der Waals surface area contributed by atoms with Crippen molar-refractivity contribution in [2.45, 2.75) is 84.0 Å². The van der Waals surface area contributed by atoms with E-state index in [1.54, 1.807) is 0 Å². The van der Waals surface area contributed by atoms with Crippen LogP contribution in [0.25, 0.3) is 0 Å². The Bertz CT molecular complexity index is 2140. The minimum absolute atomic E-state index is 0.0562. The second-order valence-corrected chi connectivity index (χ2v) is 18.3. The molecule has 2 aliphatic heterocycles. The van der Waals surface area contributed by atoms with Crippen molar-refractivity contribution in [3.8, 4) is 0 Å². The number of rotatable bonds is 15. The molecule has 1 aliphatic carbocycles. The Morgan fingerprint density at radius 3 is 2.30 bits per heavy atom. The zero-order valence-electron chi connectivity index (χ0n) is 31.2. The van der Waals surface area contributed by atoms with Gasteiger partial charge in [0.1, 0.15) is 6.54 Å². The summed E-state index contributed by atoms with van der Waals surface area (Å²) in [6.45, 7) is 11.7. The highest BCUT2D eigenvalue weighted by Crippen LogP contribution is 2.48. The average molecular weight is 767 g/mol. The van der Waals surface area contributed by atoms with Gasteiger partial charge in [-0.05, 0) is 75.3 Å². The zero-order chi connectivity index (χ0) is 38.8. The first-order valence-corrected chi connectivity index (χ1v) is 21.3. The summed E-state index contributed by atoms with van der Waals surface area (Å²) in [7, 11) is -8.22. The van der Waals surface area contributed by atoms with Crippen LogP contribution in [0.4, 0.5) is 11.4 Å². The molecule has 2 aromatic carbocycles. The number of hydrogen-bond donors (Lipinski definition) is 4.